The number of amides is 1. The van der Waals surface area contributed by atoms with Gasteiger partial charge in [-0.15, -0.1) is 0 Å². The first-order valence-corrected chi connectivity index (χ1v) is 6.02. The van der Waals surface area contributed by atoms with Crippen LogP contribution in [0.1, 0.15) is 19.9 Å². The summed E-state index contributed by atoms with van der Waals surface area (Å²) in [5.41, 5.74) is 1.22. The zero-order valence-electron chi connectivity index (χ0n) is 11.1. The summed E-state index contributed by atoms with van der Waals surface area (Å²) in [6.07, 6.45) is 4.91. The summed E-state index contributed by atoms with van der Waals surface area (Å²) >= 11 is 0. The first kappa shape index (κ1) is 13.7. The van der Waals surface area contributed by atoms with Crippen molar-refractivity contribution in [2.24, 2.45) is 0 Å². The van der Waals surface area contributed by atoms with Crippen LogP contribution in [0.15, 0.2) is 30.6 Å². The maximum Gasteiger partial charge on any atom is 0.328 e. The Balaban J connectivity index is 2.20. The molecule has 7 nitrogen and oxygen atoms in total. The van der Waals surface area contributed by atoms with Crippen LogP contribution in [-0.2, 0) is 9.59 Å². The number of fused-ring (bicyclic) bond motifs is 1. The van der Waals surface area contributed by atoms with E-state index < -0.39 is 11.9 Å². The number of aliphatic carboxylic acids is 1. The van der Waals surface area contributed by atoms with Crippen molar-refractivity contribution in [3.8, 4) is 0 Å². The summed E-state index contributed by atoms with van der Waals surface area (Å²) in [5.74, 6) is -1.70. The molecule has 2 rings (SSSR count). The number of pyridine rings is 1. The first-order chi connectivity index (χ1) is 9.47. The lowest BCUT2D eigenvalue weighted by atomic mass is 10.3. The van der Waals surface area contributed by atoms with E-state index in [9.17, 15) is 9.59 Å². The van der Waals surface area contributed by atoms with Crippen molar-refractivity contribution >= 4 is 28.6 Å². The molecule has 2 heterocycles. The van der Waals surface area contributed by atoms with Crippen molar-refractivity contribution in [1.29, 1.82) is 0 Å². The average Bonchev–Trinajstić information content (AvgIpc) is 2.79. The van der Waals surface area contributed by atoms with E-state index in [2.05, 4.69) is 15.4 Å². The molecule has 2 N–H and O–H groups in total. The van der Waals surface area contributed by atoms with Crippen molar-refractivity contribution in [1.82, 2.24) is 14.8 Å². The molecule has 0 aromatic carbocycles. The first-order valence-electron chi connectivity index (χ1n) is 6.02. The summed E-state index contributed by atoms with van der Waals surface area (Å²) in [5, 5.41) is 16.0. The Morgan fingerprint density at radius 2 is 2.10 bits per heavy atom. The van der Waals surface area contributed by atoms with Crippen LogP contribution in [0.4, 0.5) is 5.69 Å². The van der Waals surface area contributed by atoms with Gasteiger partial charge in [-0.3, -0.25) is 4.79 Å². The van der Waals surface area contributed by atoms with Crippen molar-refractivity contribution in [3.05, 3.63) is 30.6 Å². The van der Waals surface area contributed by atoms with Crippen LogP contribution in [0.25, 0.3) is 11.0 Å². The molecule has 20 heavy (non-hydrogen) atoms. The average molecular weight is 274 g/mol. The number of carboxylic acids is 1. The van der Waals surface area contributed by atoms with Crippen LogP contribution in [0.5, 0.6) is 0 Å². The molecule has 0 fully saturated rings. The number of nitrogens with one attached hydrogen (secondary N) is 1. The van der Waals surface area contributed by atoms with Gasteiger partial charge in [-0.2, -0.15) is 5.10 Å². The lowest BCUT2D eigenvalue weighted by Crippen LogP contribution is -2.09. The Labute approximate surface area is 114 Å². The van der Waals surface area contributed by atoms with E-state index in [1.165, 1.54) is 6.20 Å². The predicted molar refractivity (Wildman–Crippen MR) is 73.3 cm³/mol. The van der Waals surface area contributed by atoms with Gasteiger partial charge in [0.2, 0.25) is 5.91 Å². The summed E-state index contributed by atoms with van der Waals surface area (Å²) in [7, 11) is 0. The number of carboxylic acid groups (broad SMARTS) is 1. The molecule has 0 atom stereocenters. The highest BCUT2D eigenvalue weighted by atomic mass is 16.4. The van der Waals surface area contributed by atoms with E-state index >= 15 is 0 Å². The highest BCUT2D eigenvalue weighted by molar-refractivity contribution is 6.02. The molecule has 0 spiro atoms. The summed E-state index contributed by atoms with van der Waals surface area (Å²) in [4.78, 5) is 26.0. The number of carbonyl (C=O) groups is 2. The van der Waals surface area contributed by atoms with Gasteiger partial charge in [0.1, 0.15) is 0 Å². The van der Waals surface area contributed by atoms with Gasteiger partial charge in [0, 0.05) is 23.6 Å². The smallest absolute Gasteiger partial charge is 0.328 e. The SMILES string of the molecule is CC(C)n1ncc2cc(NC(=O)/C=C/C(=O)O)cnc21. The molecule has 0 bridgehead atoms. The number of rotatable bonds is 4. The van der Waals surface area contributed by atoms with E-state index in [0.717, 1.165) is 23.2 Å². The molecule has 0 radical (unpaired) electrons. The number of nitrogens with zero attached hydrogens (tertiary/aromatic N) is 3. The maximum atomic E-state index is 11.5. The molecular weight excluding hydrogens is 260 g/mol. The van der Waals surface area contributed by atoms with Gasteiger partial charge in [-0.25, -0.2) is 14.5 Å². The van der Waals surface area contributed by atoms with Crippen LogP contribution in [0, 0.1) is 0 Å². The van der Waals surface area contributed by atoms with Crippen LogP contribution in [0.2, 0.25) is 0 Å². The second-order valence-corrected chi connectivity index (χ2v) is 4.48. The Morgan fingerprint density at radius 1 is 1.35 bits per heavy atom. The standard InChI is InChI=1S/C13H14N4O3/c1-8(2)17-13-9(6-15-17)5-10(7-14-13)16-11(18)3-4-12(19)20/h3-8H,1-2H3,(H,16,18)(H,19,20)/b4-3+. The molecule has 0 saturated carbocycles. The summed E-state index contributed by atoms with van der Waals surface area (Å²) < 4.78 is 1.78. The van der Waals surface area contributed by atoms with Crippen molar-refractivity contribution in [2.75, 3.05) is 5.32 Å². The molecule has 7 heteroatoms. The highest BCUT2D eigenvalue weighted by Crippen LogP contribution is 2.18. The molecule has 0 unspecified atom stereocenters. The van der Waals surface area contributed by atoms with E-state index in [1.807, 2.05) is 13.8 Å². The van der Waals surface area contributed by atoms with Crippen LogP contribution >= 0.6 is 0 Å². The second kappa shape index (κ2) is 5.52. The number of anilines is 1. The van der Waals surface area contributed by atoms with Gasteiger partial charge in [-0.1, -0.05) is 0 Å². The molecule has 104 valence electrons. The van der Waals surface area contributed by atoms with Crippen LogP contribution < -0.4 is 5.32 Å². The monoisotopic (exact) mass is 274 g/mol. The minimum atomic E-state index is -1.17. The normalized spacial score (nSPS) is 11.3. The fourth-order valence-electron chi connectivity index (χ4n) is 1.72. The Kier molecular flexibility index (Phi) is 3.79. The predicted octanol–water partition coefficient (Wildman–Crippen LogP) is 1.59. The van der Waals surface area contributed by atoms with E-state index in [4.69, 9.17) is 5.11 Å². The Bertz CT molecular complexity index is 688. The molecule has 0 saturated heterocycles. The van der Waals surface area contributed by atoms with E-state index in [0.29, 0.717) is 5.69 Å². The van der Waals surface area contributed by atoms with Crippen molar-refractivity contribution in [2.45, 2.75) is 19.9 Å². The maximum absolute atomic E-state index is 11.5. The molecular formula is C13H14N4O3. The number of hydrogen-bond acceptors (Lipinski definition) is 4. The largest absolute Gasteiger partial charge is 0.478 e. The fourth-order valence-corrected chi connectivity index (χ4v) is 1.72. The number of carbonyl (C=O) groups excluding carboxylic acids is 1. The number of aromatic nitrogens is 3. The molecule has 1 amide bonds. The van der Waals surface area contributed by atoms with Gasteiger partial charge >= 0.3 is 5.97 Å². The summed E-state index contributed by atoms with van der Waals surface area (Å²) in [6.45, 7) is 4.00. The highest BCUT2D eigenvalue weighted by Gasteiger charge is 2.08. The molecule has 2 aromatic heterocycles. The quantitative estimate of drug-likeness (QED) is 0.825. The third-order valence-corrected chi connectivity index (χ3v) is 2.57. The molecule has 0 aliphatic heterocycles. The fraction of sp³-hybridized carbons (Fsp3) is 0.231. The minimum absolute atomic E-state index is 0.193. The van der Waals surface area contributed by atoms with Crippen LogP contribution in [0.3, 0.4) is 0 Å². The van der Waals surface area contributed by atoms with Crippen LogP contribution in [-0.4, -0.2) is 31.7 Å². The molecule has 0 aliphatic rings. The van der Waals surface area contributed by atoms with Gasteiger partial charge in [0.05, 0.1) is 18.1 Å². The van der Waals surface area contributed by atoms with E-state index in [1.54, 1.807) is 16.9 Å². The zero-order valence-corrected chi connectivity index (χ0v) is 11.1. The molecule has 0 aliphatic carbocycles. The van der Waals surface area contributed by atoms with Gasteiger partial charge in [0.15, 0.2) is 5.65 Å². The minimum Gasteiger partial charge on any atom is -0.478 e. The Morgan fingerprint density at radius 3 is 2.75 bits per heavy atom. The van der Waals surface area contributed by atoms with Crippen molar-refractivity contribution in [3.63, 3.8) is 0 Å². The topological polar surface area (TPSA) is 97.1 Å². The van der Waals surface area contributed by atoms with Gasteiger partial charge in [0.25, 0.3) is 0 Å². The lowest BCUT2D eigenvalue weighted by Gasteiger charge is -2.06. The zero-order chi connectivity index (χ0) is 14.7. The van der Waals surface area contributed by atoms with Gasteiger partial charge < -0.3 is 10.4 Å². The summed E-state index contributed by atoms with van der Waals surface area (Å²) in [6, 6.07) is 1.93. The van der Waals surface area contributed by atoms with E-state index in [-0.39, 0.29) is 6.04 Å². The second-order valence-electron chi connectivity index (χ2n) is 4.48. The lowest BCUT2D eigenvalue weighted by molar-refractivity contribution is -0.131. The van der Waals surface area contributed by atoms with Gasteiger partial charge in [-0.05, 0) is 19.9 Å². The Hall–Kier alpha value is -2.70. The third-order valence-electron chi connectivity index (χ3n) is 2.57. The molecule has 2 aromatic rings. The van der Waals surface area contributed by atoms with Crippen molar-refractivity contribution < 1.29 is 14.7 Å². The number of hydrogen-bond donors (Lipinski definition) is 2. The third kappa shape index (κ3) is 3.00.